The van der Waals surface area contributed by atoms with Crippen molar-refractivity contribution in [1.82, 2.24) is 0 Å². The van der Waals surface area contributed by atoms with E-state index in [0.29, 0.717) is 51.4 Å². The minimum Gasteiger partial charge on any atom is -0.393 e. The first-order chi connectivity index (χ1) is 23.9. The van der Waals surface area contributed by atoms with Crippen molar-refractivity contribution in [3.8, 4) is 0 Å². The molecule has 0 radical (unpaired) electrons. The molecule has 4 bridgehead atoms. The number of carbonyl (C=O) groups excluding carboxylic acids is 1. The Morgan fingerprint density at radius 3 is 2.29 bits per heavy atom. The summed E-state index contributed by atoms with van der Waals surface area (Å²) in [5.41, 5.74) is -4.84. The SMILES string of the molecule is C=C1C(=O)[C@]23[C@H](O)[C@H]1CC[C@H]2[C@@]12C(OC[C@]4(C)[C@H]5CC=C6C[C@H](C(O)(CO)CO)CC[C@H]6[C@]5(C)CC[C@H]4O)O[C@]3(O)[C@@H](O)[C@@H]1C(C)(C)CC[C@@H]2O. The van der Waals surface area contributed by atoms with Gasteiger partial charge < -0.3 is 50.3 Å². The average Bonchev–Trinajstić information content (AvgIpc) is 3.19. The predicted octanol–water partition coefficient (Wildman–Crippen LogP) is 1.96. The van der Waals surface area contributed by atoms with E-state index in [9.17, 15) is 45.6 Å². The average molecular weight is 717 g/mol. The second-order valence-electron chi connectivity index (χ2n) is 19.4. The number of aliphatic hydroxyl groups is 8. The van der Waals surface area contributed by atoms with Crippen LogP contribution in [0, 0.1) is 62.6 Å². The minimum absolute atomic E-state index is 0.00701. The molecule has 286 valence electrons. The summed E-state index contributed by atoms with van der Waals surface area (Å²) in [5, 5.41) is 91.5. The van der Waals surface area contributed by atoms with Gasteiger partial charge in [-0.05, 0) is 104 Å². The molecular weight excluding hydrogens is 656 g/mol. The highest BCUT2D eigenvalue weighted by Crippen LogP contribution is 2.78. The molecule has 6 saturated carbocycles. The molecular formula is C40H60O11. The molecule has 0 aromatic carbocycles. The number of carbonyl (C=O) groups is 1. The zero-order valence-corrected chi connectivity index (χ0v) is 30.6. The molecule has 8 fully saturated rings. The van der Waals surface area contributed by atoms with Gasteiger partial charge in [-0.1, -0.05) is 45.9 Å². The number of rotatable bonds is 6. The Balaban J connectivity index is 1.16. The number of ketones is 1. The lowest BCUT2D eigenvalue weighted by Gasteiger charge is -2.76. The molecule has 1 unspecified atom stereocenters. The second kappa shape index (κ2) is 11.4. The summed E-state index contributed by atoms with van der Waals surface area (Å²) in [5.74, 6) is -5.06. The molecule has 2 heterocycles. The van der Waals surface area contributed by atoms with Gasteiger partial charge in [0.15, 0.2) is 12.1 Å². The summed E-state index contributed by atoms with van der Waals surface area (Å²) in [6, 6.07) is 0. The van der Waals surface area contributed by atoms with E-state index in [1.54, 1.807) is 0 Å². The molecule has 2 spiro atoms. The van der Waals surface area contributed by atoms with Crippen LogP contribution in [0.25, 0.3) is 0 Å². The van der Waals surface area contributed by atoms with Gasteiger partial charge in [0.1, 0.15) is 17.1 Å². The van der Waals surface area contributed by atoms with Crippen molar-refractivity contribution in [1.29, 1.82) is 0 Å². The van der Waals surface area contributed by atoms with Crippen LogP contribution in [0.3, 0.4) is 0 Å². The lowest BCUT2D eigenvalue weighted by atomic mass is 9.35. The Morgan fingerprint density at radius 2 is 1.61 bits per heavy atom. The number of hydrogen-bond donors (Lipinski definition) is 8. The van der Waals surface area contributed by atoms with Crippen molar-refractivity contribution in [2.75, 3.05) is 19.8 Å². The third kappa shape index (κ3) is 4.17. The van der Waals surface area contributed by atoms with E-state index in [0.717, 1.165) is 12.8 Å². The first-order valence-electron chi connectivity index (χ1n) is 19.5. The van der Waals surface area contributed by atoms with Gasteiger partial charge in [0, 0.05) is 17.3 Å². The third-order valence-electron chi connectivity index (χ3n) is 17.2. The number of ether oxygens (including phenoxy) is 2. The van der Waals surface area contributed by atoms with Crippen LogP contribution >= 0.6 is 0 Å². The van der Waals surface area contributed by atoms with Crippen molar-refractivity contribution in [3.63, 3.8) is 0 Å². The molecule has 0 aromatic rings. The molecule has 8 N–H and O–H groups in total. The van der Waals surface area contributed by atoms with Gasteiger partial charge in [0.05, 0.1) is 43.5 Å². The first kappa shape index (κ1) is 36.7. The second-order valence-corrected chi connectivity index (χ2v) is 19.4. The maximum absolute atomic E-state index is 14.2. The van der Waals surface area contributed by atoms with Crippen LogP contribution in [0.15, 0.2) is 23.8 Å². The van der Waals surface area contributed by atoms with E-state index < -0.39 is 101 Å². The summed E-state index contributed by atoms with van der Waals surface area (Å²) >= 11 is 0. The highest BCUT2D eigenvalue weighted by Gasteiger charge is 2.89. The van der Waals surface area contributed by atoms with Crippen molar-refractivity contribution >= 4 is 5.78 Å². The summed E-state index contributed by atoms with van der Waals surface area (Å²) in [4.78, 5) is 14.2. The van der Waals surface area contributed by atoms with Crippen molar-refractivity contribution in [2.24, 2.45) is 62.6 Å². The van der Waals surface area contributed by atoms with Gasteiger partial charge >= 0.3 is 0 Å². The van der Waals surface area contributed by atoms with Gasteiger partial charge in [-0.3, -0.25) is 4.79 Å². The molecule has 9 aliphatic rings. The van der Waals surface area contributed by atoms with Gasteiger partial charge in [-0.15, -0.1) is 0 Å². The minimum atomic E-state index is -2.48. The van der Waals surface area contributed by atoms with Crippen LogP contribution in [0.4, 0.5) is 0 Å². The van der Waals surface area contributed by atoms with E-state index in [1.165, 1.54) is 5.57 Å². The molecule has 2 aliphatic heterocycles. The molecule has 9 rings (SSSR count). The molecule has 7 aliphatic carbocycles. The van der Waals surface area contributed by atoms with Gasteiger partial charge in [0.25, 0.3) is 0 Å². The van der Waals surface area contributed by atoms with Crippen molar-refractivity contribution in [2.45, 2.75) is 134 Å². The Hall–Kier alpha value is -1.25. The maximum atomic E-state index is 14.2. The van der Waals surface area contributed by atoms with Crippen molar-refractivity contribution in [3.05, 3.63) is 23.8 Å². The molecule has 16 atom stereocenters. The predicted molar refractivity (Wildman–Crippen MR) is 183 cm³/mol. The summed E-state index contributed by atoms with van der Waals surface area (Å²) in [6.07, 6.45) is 2.22. The number of Topliss-reactive ketones (excluding diaryl/α,β-unsaturated/α-hetero) is 1. The van der Waals surface area contributed by atoms with E-state index in [1.807, 2.05) is 20.8 Å². The monoisotopic (exact) mass is 716 g/mol. The number of fused-ring (bicyclic) bond motifs is 5. The molecule has 2 saturated heterocycles. The lowest BCUT2D eigenvalue weighted by Crippen LogP contribution is -2.88. The van der Waals surface area contributed by atoms with Gasteiger partial charge in [0.2, 0.25) is 5.79 Å². The zero-order chi connectivity index (χ0) is 36.9. The Bertz CT molecular complexity index is 1510. The van der Waals surface area contributed by atoms with Crippen LogP contribution in [-0.4, -0.2) is 109 Å². The smallest absolute Gasteiger partial charge is 0.211 e. The van der Waals surface area contributed by atoms with E-state index >= 15 is 0 Å². The molecule has 11 nitrogen and oxygen atoms in total. The fourth-order valence-electron chi connectivity index (χ4n) is 14.6. The third-order valence-corrected chi connectivity index (χ3v) is 17.2. The van der Waals surface area contributed by atoms with Crippen LogP contribution in [-0.2, 0) is 14.3 Å². The van der Waals surface area contributed by atoms with Crippen LogP contribution < -0.4 is 0 Å². The van der Waals surface area contributed by atoms with Crippen LogP contribution in [0.2, 0.25) is 0 Å². The molecule has 11 heteroatoms. The quantitative estimate of drug-likeness (QED) is 0.148. The fraction of sp³-hybridized carbons (Fsp3) is 0.875. The van der Waals surface area contributed by atoms with Crippen LogP contribution in [0.1, 0.15) is 91.9 Å². The Morgan fingerprint density at radius 1 is 0.922 bits per heavy atom. The maximum Gasteiger partial charge on any atom is 0.211 e. The van der Waals surface area contributed by atoms with E-state index in [4.69, 9.17) is 9.47 Å². The fourth-order valence-corrected chi connectivity index (χ4v) is 14.6. The zero-order valence-electron chi connectivity index (χ0n) is 30.6. The Labute approximate surface area is 300 Å². The normalized spacial score (nSPS) is 54.3. The number of hydrogen-bond acceptors (Lipinski definition) is 11. The van der Waals surface area contributed by atoms with Crippen molar-refractivity contribution < 1.29 is 55.1 Å². The topological polar surface area (TPSA) is 197 Å². The summed E-state index contributed by atoms with van der Waals surface area (Å²) in [6.45, 7) is 11.4. The largest absolute Gasteiger partial charge is 0.393 e. The Kier molecular flexibility index (Phi) is 8.21. The van der Waals surface area contributed by atoms with Crippen LogP contribution in [0.5, 0.6) is 0 Å². The number of aliphatic hydroxyl groups excluding tert-OH is 6. The molecule has 0 amide bonds. The van der Waals surface area contributed by atoms with E-state index in [-0.39, 0.29) is 35.3 Å². The lowest BCUT2D eigenvalue weighted by molar-refractivity contribution is -0.513. The first-order valence-corrected chi connectivity index (χ1v) is 19.5. The standard InChI is InChI=1S/C40H60O11/c1-20-23-8-11-26-38-28(44)12-14-34(2,3)29(38)32(47)40(49,39(26,30(20)45)31(23)46)51-33(38)50-19-36(5)25-10-6-21-16-22(37(48,17-41)18-42)7-9-24(21)35(25,4)15-13-27(36)43/h6,22-29,31-33,41-44,46-49H,1,7-19H2,2-5H3/t22-,23+,24-,25+,26+,27-,28+,29-,31-,32+,33?,35+,36-,38+,39+,40-/m1/s1. The highest BCUT2D eigenvalue weighted by molar-refractivity contribution is 6.05. The molecule has 0 aromatic heterocycles. The van der Waals surface area contributed by atoms with Gasteiger partial charge in [-0.25, -0.2) is 0 Å². The number of allylic oxidation sites excluding steroid dienone is 2. The summed E-state index contributed by atoms with van der Waals surface area (Å²) in [7, 11) is 0. The molecule has 51 heavy (non-hydrogen) atoms. The van der Waals surface area contributed by atoms with Gasteiger partial charge in [-0.2, -0.15) is 0 Å². The highest BCUT2D eigenvalue weighted by atomic mass is 16.8. The van der Waals surface area contributed by atoms with E-state index in [2.05, 4.69) is 19.6 Å². The summed E-state index contributed by atoms with van der Waals surface area (Å²) < 4.78 is 13.4.